The second-order valence-electron chi connectivity index (χ2n) is 7.82. The minimum atomic E-state index is 0.610. The number of likely N-dealkylation sites (N-methyl/N-ethyl adjacent to an activating group) is 1. The van der Waals surface area contributed by atoms with E-state index in [1.807, 2.05) is 0 Å². The zero-order valence-corrected chi connectivity index (χ0v) is 11.8. The maximum atomic E-state index is 3.68. The molecular weight excluding hydrogens is 220 g/mol. The first kappa shape index (κ1) is 11.7. The van der Waals surface area contributed by atoms with Crippen LogP contribution in [0.5, 0.6) is 0 Å². The van der Waals surface area contributed by atoms with Gasteiger partial charge in [0, 0.05) is 18.1 Å². The Labute approximate surface area is 111 Å². The number of hydrogen-bond acceptors (Lipinski definition) is 2. The van der Waals surface area contributed by atoms with Gasteiger partial charge < -0.3 is 5.32 Å². The summed E-state index contributed by atoms with van der Waals surface area (Å²) < 4.78 is 0. The average molecular weight is 248 g/mol. The number of hydrogen-bond donors (Lipinski definition) is 1. The Morgan fingerprint density at radius 1 is 1.06 bits per heavy atom. The Morgan fingerprint density at radius 3 is 2.17 bits per heavy atom. The van der Waals surface area contributed by atoms with Crippen molar-refractivity contribution in [1.29, 1.82) is 0 Å². The molecular formula is C16H28N2. The zero-order chi connectivity index (χ0) is 12.2. The molecule has 4 bridgehead atoms. The van der Waals surface area contributed by atoms with Crippen LogP contribution in [0.25, 0.3) is 0 Å². The molecule has 1 heterocycles. The molecule has 4 saturated carbocycles. The van der Waals surface area contributed by atoms with Crippen LogP contribution in [0.3, 0.4) is 0 Å². The van der Waals surface area contributed by atoms with Gasteiger partial charge in [-0.1, -0.05) is 0 Å². The Morgan fingerprint density at radius 2 is 1.67 bits per heavy atom. The molecule has 102 valence electrons. The van der Waals surface area contributed by atoms with Gasteiger partial charge in [-0.2, -0.15) is 0 Å². The van der Waals surface area contributed by atoms with Crippen molar-refractivity contribution in [2.24, 2.45) is 17.8 Å². The fraction of sp³-hybridized carbons (Fsp3) is 1.00. The lowest BCUT2D eigenvalue weighted by Crippen LogP contribution is -2.60. The first-order valence-electron chi connectivity index (χ1n) is 8.18. The summed E-state index contributed by atoms with van der Waals surface area (Å²) >= 11 is 0. The molecule has 1 saturated heterocycles. The quantitative estimate of drug-likeness (QED) is 0.826. The van der Waals surface area contributed by atoms with E-state index in [1.54, 1.807) is 19.3 Å². The SMILES string of the molecule is CN(CC1CCCN1)C12CC3CC(CC(C3)C1)C2. The lowest BCUT2D eigenvalue weighted by molar-refractivity contribution is -0.0808. The topological polar surface area (TPSA) is 15.3 Å². The molecule has 18 heavy (non-hydrogen) atoms. The highest BCUT2D eigenvalue weighted by Gasteiger charge is 2.52. The first-order valence-corrected chi connectivity index (χ1v) is 8.18. The van der Waals surface area contributed by atoms with Gasteiger partial charge in [-0.05, 0) is 82.7 Å². The van der Waals surface area contributed by atoms with Crippen LogP contribution in [0.2, 0.25) is 0 Å². The summed E-state index contributed by atoms with van der Waals surface area (Å²) in [4.78, 5) is 2.78. The van der Waals surface area contributed by atoms with Gasteiger partial charge in [-0.25, -0.2) is 0 Å². The van der Waals surface area contributed by atoms with E-state index in [1.165, 1.54) is 45.2 Å². The summed E-state index contributed by atoms with van der Waals surface area (Å²) in [7, 11) is 2.42. The molecule has 1 N–H and O–H groups in total. The van der Waals surface area contributed by atoms with Crippen LogP contribution >= 0.6 is 0 Å². The molecule has 1 atom stereocenters. The second-order valence-corrected chi connectivity index (χ2v) is 7.82. The molecule has 2 heteroatoms. The summed E-state index contributed by atoms with van der Waals surface area (Å²) in [5.41, 5.74) is 0.610. The fourth-order valence-corrected chi connectivity index (χ4v) is 5.97. The van der Waals surface area contributed by atoms with Crippen LogP contribution in [-0.2, 0) is 0 Å². The maximum absolute atomic E-state index is 3.68. The largest absolute Gasteiger partial charge is 0.313 e. The first-order chi connectivity index (χ1) is 8.73. The molecule has 5 aliphatic rings. The molecule has 0 radical (unpaired) electrons. The van der Waals surface area contributed by atoms with Gasteiger partial charge in [0.1, 0.15) is 0 Å². The lowest BCUT2D eigenvalue weighted by atomic mass is 9.52. The lowest BCUT2D eigenvalue weighted by Gasteiger charge is -2.60. The van der Waals surface area contributed by atoms with Crippen molar-refractivity contribution < 1.29 is 0 Å². The van der Waals surface area contributed by atoms with E-state index in [0.29, 0.717) is 5.54 Å². The van der Waals surface area contributed by atoms with Crippen LogP contribution in [-0.4, -0.2) is 36.6 Å². The van der Waals surface area contributed by atoms with Gasteiger partial charge in [-0.15, -0.1) is 0 Å². The highest BCUT2D eigenvalue weighted by molar-refractivity contribution is 5.07. The van der Waals surface area contributed by atoms with E-state index >= 15 is 0 Å². The summed E-state index contributed by atoms with van der Waals surface area (Å²) in [6.45, 7) is 2.55. The Bertz CT molecular complexity index is 284. The van der Waals surface area contributed by atoms with Crippen LogP contribution < -0.4 is 5.32 Å². The van der Waals surface area contributed by atoms with Crippen molar-refractivity contribution in [2.45, 2.75) is 62.9 Å². The minimum absolute atomic E-state index is 0.610. The van der Waals surface area contributed by atoms with Crippen molar-refractivity contribution in [2.75, 3.05) is 20.1 Å². The molecule has 0 amide bonds. The molecule has 5 rings (SSSR count). The van der Waals surface area contributed by atoms with Crippen LogP contribution in [0, 0.1) is 17.8 Å². The van der Waals surface area contributed by atoms with Gasteiger partial charge in [0.05, 0.1) is 0 Å². The normalized spacial score (nSPS) is 50.3. The number of rotatable bonds is 3. The zero-order valence-electron chi connectivity index (χ0n) is 11.8. The number of nitrogens with one attached hydrogen (secondary N) is 1. The molecule has 0 aromatic heterocycles. The van der Waals surface area contributed by atoms with Crippen LogP contribution in [0.15, 0.2) is 0 Å². The predicted molar refractivity (Wildman–Crippen MR) is 74.6 cm³/mol. The number of nitrogens with zero attached hydrogens (tertiary/aromatic N) is 1. The molecule has 0 spiro atoms. The van der Waals surface area contributed by atoms with Crippen molar-refractivity contribution in [1.82, 2.24) is 10.2 Å². The van der Waals surface area contributed by atoms with E-state index < -0.39 is 0 Å². The molecule has 0 aromatic rings. The molecule has 1 unspecified atom stereocenters. The van der Waals surface area contributed by atoms with Crippen molar-refractivity contribution in [3.8, 4) is 0 Å². The van der Waals surface area contributed by atoms with Crippen LogP contribution in [0.1, 0.15) is 51.4 Å². The molecule has 4 aliphatic carbocycles. The molecule has 2 nitrogen and oxygen atoms in total. The predicted octanol–water partition coefficient (Wildman–Crippen LogP) is 2.64. The minimum Gasteiger partial charge on any atom is -0.313 e. The Kier molecular flexibility index (Phi) is 2.74. The third kappa shape index (κ3) is 1.84. The van der Waals surface area contributed by atoms with Gasteiger partial charge in [0.25, 0.3) is 0 Å². The van der Waals surface area contributed by atoms with E-state index in [4.69, 9.17) is 0 Å². The standard InChI is InChI=1S/C16H28N2/c1-18(11-15-3-2-4-17-15)16-8-12-5-13(9-16)7-14(6-12)10-16/h12-15,17H,2-11H2,1H3. The fourth-order valence-electron chi connectivity index (χ4n) is 5.97. The van der Waals surface area contributed by atoms with Crippen molar-refractivity contribution in [3.05, 3.63) is 0 Å². The smallest absolute Gasteiger partial charge is 0.0215 e. The maximum Gasteiger partial charge on any atom is 0.0215 e. The third-order valence-corrected chi connectivity index (χ3v) is 6.47. The van der Waals surface area contributed by atoms with Gasteiger partial charge in [0.15, 0.2) is 0 Å². The van der Waals surface area contributed by atoms with Gasteiger partial charge in [0.2, 0.25) is 0 Å². The van der Waals surface area contributed by atoms with Gasteiger partial charge in [-0.3, -0.25) is 4.90 Å². The van der Waals surface area contributed by atoms with E-state index in [0.717, 1.165) is 23.8 Å². The highest BCUT2D eigenvalue weighted by Crippen LogP contribution is 2.57. The van der Waals surface area contributed by atoms with Gasteiger partial charge >= 0.3 is 0 Å². The van der Waals surface area contributed by atoms with Crippen molar-refractivity contribution >= 4 is 0 Å². The summed E-state index contributed by atoms with van der Waals surface area (Å²) in [6.07, 6.45) is 12.0. The average Bonchev–Trinajstić information content (AvgIpc) is 2.79. The second kappa shape index (κ2) is 4.21. The summed E-state index contributed by atoms with van der Waals surface area (Å²) in [5, 5.41) is 3.68. The summed E-state index contributed by atoms with van der Waals surface area (Å²) in [5.74, 6) is 3.24. The molecule has 5 fully saturated rings. The highest BCUT2D eigenvalue weighted by atomic mass is 15.2. The third-order valence-electron chi connectivity index (χ3n) is 6.47. The van der Waals surface area contributed by atoms with Crippen LogP contribution in [0.4, 0.5) is 0 Å². The molecule has 0 aromatic carbocycles. The molecule has 1 aliphatic heterocycles. The Hall–Kier alpha value is -0.0800. The van der Waals surface area contributed by atoms with E-state index in [9.17, 15) is 0 Å². The van der Waals surface area contributed by atoms with E-state index in [-0.39, 0.29) is 0 Å². The Balaban J connectivity index is 1.48. The van der Waals surface area contributed by atoms with E-state index in [2.05, 4.69) is 17.3 Å². The van der Waals surface area contributed by atoms with Crippen molar-refractivity contribution in [3.63, 3.8) is 0 Å². The summed E-state index contributed by atoms with van der Waals surface area (Å²) in [6, 6.07) is 0.781. The monoisotopic (exact) mass is 248 g/mol.